The molecule has 0 radical (unpaired) electrons. The Labute approximate surface area is 202 Å². The highest BCUT2D eigenvalue weighted by Crippen LogP contribution is 2.31. The van der Waals surface area contributed by atoms with Crippen LogP contribution in [0, 0.1) is 5.82 Å². The Kier molecular flexibility index (Phi) is 6.12. The van der Waals surface area contributed by atoms with Crippen molar-refractivity contribution in [2.24, 2.45) is 0 Å². The van der Waals surface area contributed by atoms with E-state index in [0.717, 1.165) is 17.2 Å². The molecule has 1 fully saturated rings. The van der Waals surface area contributed by atoms with E-state index in [2.05, 4.69) is 0 Å². The van der Waals surface area contributed by atoms with E-state index >= 15 is 0 Å². The number of carbonyl (C=O) groups is 2. The largest absolute Gasteiger partial charge is 0.454 e. The van der Waals surface area contributed by atoms with Gasteiger partial charge in [-0.05, 0) is 41.5 Å². The minimum Gasteiger partial charge on any atom is -0.454 e. The smallest absolute Gasteiger partial charge is 0.339 e. The fourth-order valence-electron chi connectivity index (χ4n) is 4.49. The van der Waals surface area contributed by atoms with Crippen molar-refractivity contribution in [2.45, 2.75) is 17.4 Å². The fourth-order valence-corrected chi connectivity index (χ4v) is 5.98. The molecule has 2 aliphatic heterocycles. The summed E-state index contributed by atoms with van der Waals surface area (Å²) in [7, 11) is -3.99. The van der Waals surface area contributed by atoms with Gasteiger partial charge < -0.3 is 9.64 Å². The highest BCUT2D eigenvalue weighted by atomic mass is 32.2. The maximum absolute atomic E-state index is 14.1. The summed E-state index contributed by atoms with van der Waals surface area (Å²) in [5, 5.41) is 0. The van der Waals surface area contributed by atoms with E-state index in [4.69, 9.17) is 4.74 Å². The maximum atomic E-state index is 14.1. The zero-order chi connectivity index (χ0) is 24.6. The summed E-state index contributed by atoms with van der Waals surface area (Å²) in [6, 6.07) is 19.6. The Morgan fingerprint density at radius 3 is 2.31 bits per heavy atom. The van der Waals surface area contributed by atoms with Crippen LogP contribution in [0.4, 0.5) is 4.39 Å². The van der Waals surface area contributed by atoms with E-state index in [1.807, 2.05) is 30.3 Å². The minimum absolute atomic E-state index is 0.0652. The van der Waals surface area contributed by atoms with Crippen molar-refractivity contribution in [3.63, 3.8) is 0 Å². The first-order valence-electron chi connectivity index (χ1n) is 11.3. The van der Waals surface area contributed by atoms with Crippen molar-refractivity contribution in [1.29, 1.82) is 0 Å². The van der Waals surface area contributed by atoms with Crippen LogP contribution < -0.4 is 0 Å². The molecule has 2 aliphatic rings. The molecule has 9 heteroatoms. The number of piperazine rings is 1. The third kappa shape index (κ3) is 4.44. The number of esters is 1. The SMILES string of the molecule is O=C1O[C@H](c2ccccc2)Cc2cc(C(=O)N3CCN(S(=O)(=O)c4ccccc4F)CC3)ccc21. The quantitative estimate of drug-likeness (QED) is 0.519. The molecule has 2 heterocycles. The molecule has 5 rings (SSSR count). The Bertz CT molecular complexity index is 1390. The molecule has 7 nitrogen and oxygen atoms in total. The van der Waals surface area contributed by atoms with E-state index in [1.165, 1.54) is 22.5 Å². The normalized spacial score (nSPS) is 18.6. The average Bonchev–Trinajstić information content (AvgIpc) is 2.88. The molecule has 0 spiro atoms. The number of hydrogen-bond donors (Lipinski definition) is 0. The monoisotopic (exact) mass is 494 g/mol. The summed E-state index contributed by atoms with van der Waals surface area (Å²) in [4.78, 5) is 26.9. The van der Waals surface area contributed by atoms with Gasteiger partial charge in [0.15, 0.2) is 0 Å². The van der Waals surface area contributed by atoms with Crippen LogP contribution in [0.5, 0.6) is 0 Å². The van der Waals surface area contributed by atoms with Gasteiger partial charge in [-0.3, -0.25) is 4.79 Å². The number of halogens is 1. The molecular weight excluding hydrogens is 471 g/mol. The fraction of sp³-hybridized carbons (Fsp3) is 0.231. The van der Waals surface area contributed by atoms with Crippen molar-refractivity contribution in [1.82, 2.24) is 9.21 Å². The molecule has 0 aliphatic carbocycles. The zero-order valence-electron chi connectivity index (χ0n) is 18.8. The van der Waals surface area contributed by atoms with Gasteiger partial charge in [0.25, 0.3) is 5.91 Å². The first kappa shape index (κ1) is 23.2. The second kappa shape index (κ2) is 9.24. The molecule has 1 atom stereocenters. The summed E-state index contributed by atoms with van der Waals surface area (Å²) in [5.74, 6) is -1.47. The first-order valence-corrected chi connectivity index (χ1v) is 12.7. The number of sulfonamides is 1. The molecular formula is C26H23FN2O5S. The Morgan fingerprint density at radius 1 is 0.914 bits per heavy atom. The second-order valence-corrected chi connectivity index (χ2v) is 10.4. The summed E-state index contributed by atoms with van der Waals surface area (Å²) in [6.07, 6.45) is 0.0367. The molecule has 1 saturated heterocycles. The van der Waals surface area contributed by atoms with Gasteiger partial charge in [0.2, 0.25) is 10.0 Å². The van der Waals surface area contributed by atoms with Gasteiger partial charge in [0.05, 0.1) is 5.56 Å². The number of ether oxygens (including phenoxy) is 1. The number of benzene rings is 3. The highest BCUT2D eigenvalue weighted by molar-refractivity contribution is 7.89. The van der Waals surface area contributed by atoms with E-state index in [-0.39, 0.29) is 37.0 Å². The van der Waals surface area contributed by atoms with Crippen LogP contribution in [0.1, 0.15) is 37.9 Å². The Balaban J connectivity index is 1.30. The molecule has 0 saturated carbocycles. The zero-order valence-corrected chi connectivity index (χ0v) is 19.6. The molecule has 0 bridgehead atoms. The standard InChI is InChI=1S/C26H23FN2O5S/c27-22-8-4-5-9-24(22)35(32,33)29-14-12-28(13-15-29)25(30)19-10-11-21-20(16-19)17-23(34-26(21)31)18-6-2-1-3-7-18/h1-11,16,23H,12-15,17H2/t23-/m0/s1. The van der Waals surface area contributed by atoms with Gasteiger partial charge in [-0.15, -0.1) is 0 Å². The van der Waals surface area contributed by atoms with Crippen LogP contribution in [0.2, 0.25) is 0 Å². The third-order valence-electron chi connectivity index (χ3n) is 6.38. The highest BCUT2D eigenvalue weighted by Gasteiger charge is 2.33. The summed E-state index contributed by atoms with van der Waals surface area (Å²) in [6.45, 7) is 0.488. The minimum atomic E-state index is -3.99. The predicted octanol–water partition coefficient (Wildman–Crippen LogP) is 3.43. The molecule has 0 N–H and O–H groups in total. The molecule has 0 aromatic heterocycles. The van der Waals surface area contributed by atoms with Crippen LogP contribution in [-0.4, -0.2) is 55.7 Å². The van der Waals surface area contributed by atoms with E-state index in [1.54, 1.807) is 23.1 Å². The lowest BCUT2D eigenvalue weighted by Gasteiger charge is -2.34. The number of amides is 1. The number of nitrogens with zero attached hydrogens (tertiary/aromatic N) is 2. The maximum Gasteiger partial charge on any atom is 0.339 e. The average molecular weight is 495 g/mol. The molecule has 35 heavy (non-hydrogen) atoms. The van der Waals surface area contributed by atoms with Crippen molar-refractivity contribution in [2.75, 3.05) is 26.2 Å². The van der Waals surface area contributed by atoms with Crippen molar-refractivity contribution < 1.29 is 27.1 Å². The van der Waals surface area contributed by atoms with Crippen LogP contribution in [-0.2, 0) is 21.2 Å². The molecule has 3 aromatic carbocycles. The number of rotatable bonds is 4. The Morgan fingerprint density at radius 2 is 1.60 bits per heavy atom. The van der Waals surface area contributed by atoms with Gasteiger partial charge >= 0.3 is 5.97 Å². The summed E-state index contributed by atoms with van der Waals surface area (Å²) in [5.41, 5.74) is 2.49. The number of fused-ring (bicyclic) bond motifs is 1. The van der Waals surface area contributed by atoms with Crippen LogP contribution in [0.25, 0.3) is 0 Å². The van der Waals surface area contributed by atoms with Gasteiger partial charge in [0, 0.05) is 38.2 Å². The third-order valence-corrected chi connectivity index (χ3v) is 8.31. The topological polar surface area (TPSA) is 84.0 Å². The molecule has 3 aromatic rings. The summed E-state index contributed by atoms with van der Waals surface area (Å²) >= 11 is 0. The molecule has 0 unspecified atom stereocenters. The lowest BCUT2D eigenvalue weighted by molar-refractivity contribution is 0.0252. The predicted molar refractivity (Wildman–Crippen MR) is 126 cm³/mol. The van der Waals surface area contributed by atoms with E-state index in [0.29, 0.717) is 17.5 Å². The van der Waals surface area contributed by atoms with Crippen LogP contribution >= 0.6 is 0 Å². The van der Waals surface area contributed by atoms with Crippen LogP contribution in [0.3, 0.4) is 0 Å². The van der Waals surface area contributed by atoms with E-state index in [9.17, 15) is 22.4 Å². The summed E-state index contributed by atoms with van der Waals surface area (Å²) < 4.78 is 46.5. The lowest BCUT2D eigenvalue weighted by atomic mass is 9.93. The van der Waals surface area contributed by atoms with Gasteiger partial charge in [-0.1, -0.05) is 42.5 Å². The van der Waals surface area contributed by atoms with Gasteiger partial charge in [-0.25, -0.2) is 17.6 Å². The lowest BCUT2D eigenvalue weighted by Crippen LogP contribution is -2.50. The number of carbonyl (C=O) groups excluding carboxylic acids is 2. The second-order valence-electron chi connectivity index (χ2n) is 8.51. The van der Waals surface area contributed by atoms with E-state index < -0.39 is 27.9 Å². The number of cyclic esters (lactones) is 1. The van der Waals surface area contributed by atoms with Crippen LogP contribution in [0.15, 0.2) is 77.7 Å². The van der Waals surface area contributed by atoms with Gasteiger partial charge in [-0.2, -0.15) is 4.31 Å². The molecule has 180 valence electrons. The van der Waals surface area contributed by atoms with Gasteiger partial charge in [0.1, 0.15) is 16.8 Å². The van der Waals surface area contributed by atoms with Crippen molar-refractivity contribution >= 4 is 21.9 Å². The molecule has 1 amide bonds. The number of hydrogen-bond acceptors (Lipinski definition) is 5. The Hall–Kier alpha value is -3.56. The first-order chi connectivity index (χ1) is 16.8. The van der Waals surface area contributed by atoms with Crippen molar-refractivity contribution in [3.05, 3.63) is 101 Å². The van der Waals surface area contributed by atoms with Crippen molar-refractivity contribution in [3.8, 4) is 0 Å².